The smallest absolute Gasteiger partial charge is 0.159 e. The van der Waals surface area contributed by atoms with Gasteiger partial charge in [0.2, 0.25) is 0 Å². The van der Waals surface area contributed by atoms with Crippen LogP contribution in [0.5, 0.6) is 0 Å². The minimum atomic E-state index is -0.435. The molecule has 2 N–H and O–H groups in total. The van der Waals surface area contributed by atoms with Crippen molar-refractivity contribution in [2.45, 2.75) is 26.4 Å². The van der Waals surface area contributed by atoms with Gasteiger partial charge in [-0.3, -0.25) is 9.98 Å². The first-order chi connectivity index (χ1) is 10.1. The summed E-state index contributed by atoms with van der Waals surface area (Å²) in [4.78, 5) is 16.8. The van der Waals surface area contributed by atoms with Crippen molar-refractivity contribution >= 4 is 11.7 Å². The standard InChI is InChI=1S/C14H15FN6/c1-8(2)21-7-19-12-11(21)6-18-14(20-13(12)16)9-3-10(15)5-17-4-9/h3-5,7-8H,6H2,1-2H3,(H2,16,18,20). The highest BCUT2D eigenvalue weighted by molar-refractivity contribution is 6.11. The SMILES string of the molecule is CC(C)n1cnc2c1CN=C(c1cncc(F)c1)N=C2N. The molecule has 0 saturated carbocycles. The van der Waals surface area contributed by atoms with Crippen molar-refractivity contribution in [3.05, 3.63) is 47.6 Å². The molecule has 0 radical (unpaired) electrons. The largest absolute Gasteiger partial charge is 0.382 e. The Kier molecular flexibility index (Phi) is 3.25. The molecule has 108 valence electrons. The van der Waals surface area contributed by atoms with E-state index >= 15 is 0 Å². The number of fused-ring (bicyclic) bond motifs is 1. The Balaban J connectivity index is 2.05. The highest BCUT2D eigenvalue weighted by Gasteiger charge is 2.19. The molecule has 2 aromatic rings. The molecule has 1 aliphatic rings. The van der Waals surface area contributed by atoms with Gasteiger partial charge in [0.05, 0.1) is 24.8 Å². The lowest BCUT2D eigenvalue weighted by atomic mass is 10.2. The van der Waals surface area contributed by atoms with Crippen LogP contribution in [0.2, 0.25) is 0 Å². The number of amidine groups is 2. The van der Waals surface area contributed by atoms with Gasteiger partial charge in [-0.2, -0.15) is 0 Å². The van der Waals surface area contributed by atoms with Gasteiger partial charge in [0.1, 0.15) is 11.5 Å². The summed E-state index contributed by atoms with van der Waals surface area (Å²) in [5.41, 5.74) is 8.04. The Labute approximate surface area is 121 Å². The lowest BCUT2D eigenvalue weighted by Crippen LogP contribution is -2.17. The van der Waals surface area contributed by atoms with Crippen molar-refractivity contribution in [2.75, 3.05) is 0 Å². The zero-order chi connectivity index (χ0) is 15.0. The molecule has 6 nitrogen and oxygen atoms in total. The third-order valence-electron chi connectivity index (χ3n) is 3.26. The molecule has 2 aromatic heterocycles. The van der Waals surface area contributed by atoms with E-state index in [-0.39, 0.29) is 11.9 Å². The third-order valence-corrected chi connectivity index (χ3v) is 3.26. The van der Waals surface area contributed by atoms with Crippen molar-refractivity contribution in [3.8, 4) is 0 Å². The second-order valence-corrected chi connectivity index (χ2v) is 5.07. The van der Waals surface area contributed by atoms with Crippen LogP contribution in [0.3, 0.4) is 0 Å². The monoisotopic (exact) mass is 286 g/mol. The van der Waals surface area contributed by atoms with Crippen molar-refractivity contribution in [3.63, 3.8) is 0 Å². The van der Waals surface area contributed by atoms with E-state index in [9.17, 15) is 4.39 Å². The van der Waals surface area contributed by atoms with Crippen LogP contribution in [0.1, 0.15) is 36.8 Å². The molecule has 0 unspecified atom stereocenters. The summed E-state index contributed by atoms with van der Waals surface area (Å²) in [5, 5.41) is 0. The Hall–Kier alpha value is -2.57. The minimum absolute atomic E-state index is 0.252. The fraction of sp³-hybridized carbons (Fsp3) is 0.286. The fourth-order valence-corrected chi connectivity index (χ4v) is 2.24. The maximum absolute atomic E-state index is 13.3. The highest BCUT2D eigenvalue weighted by atomic mass is 19.1. The molecule has 7 heteroatoms. The predicted molar refractivity (Wildman–Crippen MR) is 77.8 cm³/mol. The molecular weight excluding hydrogens is 271 g/mol. The summed E-state index contributed by atoms with van der Waals surface area (Å²) in [6, 6.07) is 1.59. The van der Waals surface area contributed by atoms with Gasteiger partial charge in [-0.05, 0) is 19.9 Å². The maximum Gasteiger partial charge on any atom is 0.159 e. The van der Waals surface area contributed by atoms with Gasteiger partial charge in [0.25, 0.3) is 0 Å². The predicted octanol–water partition coefficient (Wildman–Crippen LogP) is 1.66. The van der Waals surface area contributed by atoms with Gasteiger partial charge in [-0.15, -0.1) is 0 Å². The molecule has 0 fully saturated rings. The summed E-state index contributed by atoms with van der Waals surface area (Å²) in [6.45, 7) is 4.51. The minimum Gasteiger partial charge on any atom is -0.382 e. The van der Waals surface area contributed by atoms with Gasteiger partial charge in [0.15, 0.2) is 11.7 Å². The Morgan fingerprint density at radius 1 is 1.33 bits per heavy atom. The molecule has 0 aromatic carbocycles. The first-order valence-electron chi connectivity index (χ1n) is 6.62. The van der Waals surface area contributed by atoms with Crippen LogP contribution in [0.25, 0.3) is 0 Å². The molecule has 0 bridgehead atoms. The first-order valence-corrected chi connectivity index (χ1v) is 6.62. The average Bonchev–Trinajstić information content (AvgIpc) is 2.80. The molecule has 0 spiro atoms. The molecule has 21 heavy (non-hydrogen) atoms. The number of rotatable bonds is 2. The maximum atomic E-state index is 13.3. The number of nitrogens with two attached hydrogens (primary N) is 1. The van der Waals surface area contributed by atoms with Crippen molar-refractivity contribution in [1.82, 2.24) is 14.5 Å². The van der Waals surface area contributed by atoms with Crippen molar-refractivity contribution in [2.24, 2.45) is 15.7 Å². The average molecular weight is 286 g/mol. The molecule has 1 aliphatic heterocycles. The number of hydrogen-bond acceptors (Lipinski definition) is 5. The summed E-state index contributed by atoms with van der Waals surface area (Å²) in [7, 11) is 0. The fourth-order valence-electron chi connectivity index (χ4n) is 2.24. The van der Waals surface area contributed by atoms with Crippen LogP contribution in [0, 0.1) is 5.82 Å². The molecule has 3 heterocycles. The van der Waals surface area contributed by atoms with E-state index in [1.54, 1.807) is 6.33 Å². The van der Waals surface area contributed by atoms with Crippen molar-refractivity contribution < 1.29 is 4.39 Å². The summed E-state index contributed by atoms with van der Waals surface area (Å²) in [6.07, 6.45) is 4.39. The normalized spacial score (nSPS) is 14.5. The van der Waals surface area contributed by atoms with Crippen molar-refractivity contribution in [1.29, 1.82) is 0 Å². The van der Waals surface area contributed by atoms with E-state index in [1.165, 1.54) is 12.3 Å². The van der Waals surface area contributed by atoms with Gasteiger partial charge in [-0.1, -0.05) is 0 Å². The zero-order valence-corrected chi connectivity index (χ0v) is 11.8. The molecule has 0 saturated heterocycles. The number of halogens is 1. The third kappa shape index (κ3) is 2.42. The second-order valence-electron chi connectivity index (χ2n) is 5.07. The number of pyridine rings is 1. The van der Waals surface area contributed by atoms with Crippen LogP contribution in [0.4, 0.5) is 4.39 Å². The van der Waals surface area contributed by atoms with E-state index < -0.39 is 5.82 Å². The molecule has 0 atom stereocenters. The molecule has 0 amide bonds. The van der Waals surface area contributed by atoms with Gasteiger partial charge in [-0.25, -0.2) is 14.4 Å². The van der Waals surface area contributed by atoms with E-state index in [0.29, 0.717) is 23.6 Å². The van der Waals surface area contributed by atoms with Crippen LogP contribution in [-0.4, -0.2) is 26.2 Å². The van der Waals surface area contributed by atoms with Crippen LogP contribution in [0.15, 0.2) is 34.8 Å². The summed E-state index contributed by atoms with van der Waals surface area (Å²) >= 11 is 0. The van der Waals surface area contributed by atoms with E-state index in [2.05, 4.69) is 33.8 Å². The highest BCUT2D eigenvalue weighted by Crippen LogP contribution is 2.18. The molecule has 3 rings (SSSR count). The molecular formula is C14H15FN6. The number of aromatic nitrogens is 3. The quantitative estimate of drug-likeness (QED) is 0.911. The number of nitrogens with zero attached hydrogens (tertiary/aromatic N) is 5. The zero-order valence-electron chi connectivity index (χ0n) is 11.8. The van der Waals surface area contributed by atoms with E-state index in [4.69, 9.17) is 5.73 Å². The Bertz CT molecular complexity index is 744. The molecule has 0 aliphatic carbocycles. The second kappa shape index (κ2) is 5.08. The number of aliphatic imine (C=N–C) groups is 2. The topological polar surface area (TPSA) is 81.5 Å². The summed E-state index contributed by atoms with van der Waals surface area (Å²) in [5.74, 6) is 0.216. The van der Waals surface area contributed by atoms with Crippen LogP contribution >= 0.6 is 0 Å². The van der Waals surface area contributed by atoms with Crippen LogP contribution in [-0.2, 0) is 6.54 Å². The number of hydrogen-bond donors (Lipinski definition) is 1. The first kappa shape index (κ1) is 13.4. The van der Waals surface area contributed by atoms with E-state index in [1.807, 2.05) is 4.57 Å². The summed E-state index contributed by atoms with van der Waals surface area (Å²) < 4.78 is 15.3. The lowest BCUT2D eigenvalue weighted by Gasteiger charge is -2.10. The number of imidazole rings is 1. The Morgan fingerprint density at radius 3 is 2.86 bits per heavy atom. The lowest BCUT2D eigenvalue weighted by molar-refractivity contribution is 0.574. The van der Waals surface area contributed by atoms with Gasteiger partial charge >= 0.3 is 0 Å². The van der Waals surface area contributed by atoms with Crippen LogP contribution < -0.4 is 5.73 Å². The van der Waals surface area contributed by atoms with E-state index in [0.717, 1.165) is 11.9 Å². The van der Waals surface area contributed by atoms with Gasteiger partial charge < -0.3 is 10.3 Å². The Morgan fingerprint density at radius 2 is 2.14 bits per heavy atom. The van der Waals surface area contributed by atoms with Gasteiger partial charge in [0, 0.05) is 17.8 Å².